The van der Waals surface area contributed by atoms with Crippen molar-refractivity contribution in [1.29, 1.82) is 5.26 Å². The van der Waals surface area contributed by atoms with Gasteiger partial charge in [0.15, 0.2) is 0 Å². The smallest absolute Gasteiger partial charge is 0.133 e. The molecule has 0 aromatic heterocycles. The van der Waals surface area contributed by atoms with Crippen LogP contribution in [0.2, 0.25) is 5.02 Å². The van der Waals surface area contributed by atoms with Gasteiger partial charge in [0.1, 0.15) is 11.9 Å². The van der Waals surface area contributed by atoms with Crippen molar-refractivity contribution in [3.63, 3.8) is 0 Å². The number of benzene rings is 1. The van der Waals surface area contributed by atoms with Gasteiger partial charge >= 0.3 is 0 Å². The molecule has 0 saturated heterocycles. The van der Waals surface area contributed by atoms with Crippen LogP contribution in [0.5, 0.6) is 0 Å². The first-order valence-electron chi connectivity index (χ1n) is 3.39. The zero-order valence-corrected chi connectivity index (χ0v) is 7.22. The fourth-order valence-electron chi connectivity index (χ4n) is 0.904. The second kappa shape index (κ2) is 3.92. The molecule has 13 heavy (non-hydrogen) atoms. The number of hydrogen-bond acceptors (Lipinski definition) is 2. The molecule has 1 rings (SSSR count). The van der Waals surface area contributed by atoms with Gasteiger partial charge in [0.2, 0.25) is 0 Å². The normalized spacial score (nSPS) is 11.0. The Balaban J connectivity index is 3.38. The van der Waals surface area contributed by atoms with Gasteiger partial charge < -0.3 is 5.11 Å². The third-order valence-electron chi connectivity index (χ3n) is 1.48. The third kappa shape index (κ3) is 1.79. The van der Waals surface area contributed by atoms with Gasteiger partial charge in [-0.25, -0.2) is 4.39 Å². The van der Waals surface area contributed by atoms with Crippen molar-refractivity contribution in [1.82, 2.24) is 0 Å². The molecular weight excluding hydrogens is 193 g/mol. The summed E-state index contributed by atoms with van der Waals surface area (Å²) in [5, 5.41) is 17.2. The van der Waals surface area contributed by atoms with Crippen LogP contribution in [0.3, 0.4) is 0 Å². The molecule has 0 aliphatic carbocycles. The topological polar surface area (TPSA) is 44.0 Å². The highest BCUT2D eigenvalue weighted by Gasteiger charge is 2.11. The fourth-order valence-corrected chi connectivity index (χ4v) is 1.17. The van der Waals surface area contributed by atoms with Gasteiger partial charge in [0, 0.05) is 5.56 Å². The lowest BCUT2D eigenvalue weighted by Crippen LogP contribution is -1.89. The largest absolute Gasteiger partial charge is 0.514 e. The molecule has 66 valence electrons. The van der Waals surface area contributed by atoms with E-state index in [9.17, 15) is 4.39 Å². The first-order chi connectivity index (χ1) is 6.20. The minimum Gasteiger partial charge on any atom is -0.514 e. The summed E-state index contributed by atoms with van der Waals surface area (Å²) in [7, 11) is 0. The summed E-state index contributed by atoms with van der Waals surface area (Å²) in [6, 6.07) is 5.67. The molecule has 0 atom stereocenters. The average molecular weight is 198 g/mol. The Morgan fingerprint density at radius 2 is 2.31 bits per heavy atom. The quantitative estimate of drug-likeness (QED) is 0.556. The molecule has 0 fully saturated rings. The van der Waals surface area contributed by atoms with Crippen LogP contribution in [-0.2, 0) is 0 Å². The summed E-state index contributed by atoms with van der Waals surface area (Å²) >= 11 is 5.64. The van der Waals surface area contributed by atoms with Crippen LogP contribution < -0.4 is 0 Å². The number of allylic oxidation sites excluding steroid dienone is 1. The highest BCUT2D eigenvalue weighted by molar-refractivity contribution is 6.32. The molecule has 0 heterocycles. The number of nitrogens with zero attached hydrogens (tertiary/aromatic N) is 1. The zero-order chi connectivity index (χ0) is 9.84. The predicted molar refractivity (Wildman–Crippen MR) is 47.6 cm³/mol. The lowest BCUT2D eigenvalue weighted by atomic mass is 10.1. The van der Waals surface area contributed by atoms with Crippen LogP contribution >= 0.6 is 11.6 Å². The Hall–Kier alpha value is -1.53. The molecule has 0 amide bonds. The van der Waals surface area contributed by atoms with E-state index in [1.54, 1.807) is 6.07 Å². The fraction of sp³-hybridized carbons (Fsp3) is 0. The van der Waals surface area contributed by atoms with E-state index >= 15 is 0 Å². The standard InChI is InChI=1S/C9H5ClFNO/c10-7-2-1-3-8(11)9(7)6(4-12)5-13/h1-3,5,13H/b6-5+. The van der Waals surface area contributed by atoms with Crippen molar-refractivity contribution in [2.24, 2.45) is 0 Å². The Morgan fingerprint density at radius 3 is 2.77 bits per heavy atom. The lowest BCUT2D eigenvalue weighted by molar-refractivity contribution is 0.476. The molecule has 2 nitrogen and oxygen atoms in total. The van der Waals surface area contributed by atoms with Crippen LogP contribution in [0.25, 0.3) is 5.57 Å². The monoisotopic (exact) mass is 197 g/mol. The van der Waals surface area contributed by atoms with E-state index in [0.29, 0.717) is 6.26 Å². The first-order valence-corrected chi connectivity index (χ1v) is 3.77. The van der Waals surface area contributed by atoms with Crippen molar-refractivity contribution >= 4 is 17.2 Å². The Bertz CT molecular complexity index is 375. The summed E-state index contributed by atoms with van der Waals surface area (Å²) in [4.78, 5) is 0. The van der Waals surface area contributed by atoms with E-state index < -0.39 is 5.82 Å². The van der Waals surface area contributed by atoms with Crippen LogP contribution in [0.1, 0.15) is 5.56 Å². The molecule has 1 N–H and O–H groups in total. The minimum atomic E-state index is -0.630. The molecule has 0 bridgehead atoms. The number of halogens is 2. The summed E-state index contributed by atoms with van der Waals surface area (Å²) in [5.74, 6) is -0.630. The van der Waals surface area contributed by atoms with Gasteiger partial charge in [-0.3, -0.25) is 0 Å². The second-order valence-electron chi connectivity index (χ2n) is 2.25. The van der Waals surface area contributed by atoms with Gasteiger partial charge in [0.25, 0.3) is 0 Å². The van der Waals surface area contributed by atoms with E-state index in [1.807, 2.05) is 0 Å². The SMILES string of the molecule is N#C/C(=C\O)c1c(F)cccc1Cl. The summed E-state index contributed by atoms with van der Waals surface area (Å²) in [6.45, 7) is 0. The van der Waals surface area contributed by atoms with Crippen LogP contribution in [0, 0.1) is 17.1 Å². The maximum absolute atomic E-state index is 13.1. The van der Waals surface area contributed by atoms with Crippen molar-refractivity contribution in [3.05, 3.63) is 40.9 Å². The van der Waals surface area contributed by atoms with Gasteiger partial charge in [0.05, 0.1) is 16.9 Å². The molecule has 1 aromatic rings. The predicted octanol–water partition coefficient (Wildman–Crippen LogP) is 2.90. The van der Waals surface area contributed by atoms with Crippen molar-refractivity contribution < 1.29 is 9.50 Å². The second-order valence-corrected chi connectivity index (χ2v) is 2.66. The highest BCUT2D eigenvalue weighted by Crippen LogP contribution is 2.25. The van der Waals surface area contributed by atoms with Gasteiger partial charge in [-0.2, -0.15) is 5.26 Å². The van der Waals surface area contributed by atoms with Crippen molar-refractivity contribution in [2.45, 2.75) is 0 Å². The van der Waals surface area contributed by atoms with E-state index in [0.717, 1.165) is 0 Å². The Labute approximate surface area is 79.5 Å². The average Bonchev–Trinajstić information content (AvgIpc) is 2.11. The Morgan fingerprint density at radius 1 is 1.62 bits per heavy atom. The maximum atomic E-state index is 13.1. The maximum Gasteiger partial charge on any atom is 0.133 e. The number of aliphatic hydroxyl groups excluding tert-OH is 1. The Kier molecular flexibility index (Phi) is 2.88. The molecule has 0 saturated carbocycles. The van der Waals surface area contributed by atoms with Crippen molar-refractivity contribution in [2.75, 3.05) is 0 Å². The van der Waals surface area contributed by atoms with E-state index in [-0.39, 0.29) is 16.2 Å². The molecular formula is C9H5ClFNO. The lowest BCUT2D eigenvalue weighted by Gasteiger charge is -2.01. The van der Waals surface area contributed by atoms with Gasteiger partial charge in [-0.15, -0.1) is 0 Å². The van der Waals surface area contributed by atoms with Crippen LogP contribution in [0.4, 0.5) is 4.39 Å². The molecule has 4 heteroatoms. The molecule has 0 spiro atoms. The third-order valence-corrected chi connectivity index (χ3v) is 1.80. The minimum absolute atomic E-state index is 0.0748. The summed E-state index contributed by atoms with van der Waals surface area (Å²) in [5.41, 5.74) is -0.266. The first kappa shape index (κ1) is 9.56. The summed E-state index contributed by atoms with van der Waals surface area (Å²) in [6.07, 6.45) is 0.532. The summed E-state index contributed by atoms with van der Waals surface area (Å²) < 4.78 is 13.1. The molecule has 1 aromatic carbocycles. The number of hydrogen-bond donors (Lipinski definition) is 1. The number of nitriles is 1. The zero-order valence-electron chi connectivity index (χ0n) is 6.46. The van der Waals surface area contributed by atoms with Gasteiger partial charge in [-0.05, 0) is 12.1 Å². The van der Waals surface area contributed by atoms with Crippen LogP contribution in [0.15, 0.2) is 24.5 Å². The number of aliphatic hydroxyl groups is 1. The van der Waals surface area contributed by atoms with Gasteiger partial charge in [-0.1, -0.05) is 17.7 Å². The molecule has 0 aliphatic rings. The number of rotatable bonds is 1. The molecule has 0 aliphatic heterocycles. The van der Waals surface area contributed by atoms with E-state index in [1.165, 1.54) is 18.2 Å². The highest BCUT2D eigenvalue weighted by atomic mass is 35.5. The van der Waals surface area contributed by atoms with E-state index in [4.69, 9.17) is 22.0 Å². The van der Waals surface area contributed by atoms with Crippen molar-refractivity contribution in [3.8, 4) is 6.07 Å². The molecule has 0 unspecified atom stereocenters. The van der Waals surface area contributed by atoms with E-state index in [2.05, 4.69) is 0 Å². The van der Waals surface area contributed by atoms with Crippen LogP contribution in [-0.4, -0.2) is 5.11 Å². The molecule has 0 radical (unpaired) electrons.